The first-order chi connectivity index (χ1) is 16.0. The lowest BCUT2D eigenvalue weighted by atomic mass is 10.1. The third kappa shape index (κ3) is 16.3. The highest BCUT2D eigenvalue weighted by molar-refractivity contribution is 14.1. The van der Waals surface area contributed by atoms with Gasteiger partial charge in [-0.3, -0.25) is 4.79 Å². The van der Waals surface area contributed by atoms with E-state index in [9.17, 15) is 39.9 Å². The molecule has 0 heterocycles. The molecule has 0 saturated carbocycles. The number of halogens is 9. The maximum Gasteiger partial charge on any atom is 0.387 e. The van der Waals surface area contributed by atoms with E-state index in [2.05, 4.69) is 16.1 Å². The molecule has 0 amide bonds. The summed E-state index contributed by atoms with van der Waals surface area (Å²) < 4.78 is 101. The molecule has 0 N–H and O–H groups in total. The fraction of sp³-hybridized carbons (Fsp3) is 0.318. The molecule has 0 bridgehead atoms. The smallest absolute Gasteiger partial charge is 0.387 e. The monoisotopic (exact) mass is 612 g/mol. The Balaban J connectivity index is 0.000000556. The molecule has 0 saturated heterocycles. The Morgan fingerprint density at radius 2 is 1.35 bits per heavy atom. The van der Waals surface area contributed by atoms with E-state index in [-0.39, 0.29) is 27.9 Å². The van der Waals surface area contributed by atoms with E-state index in [1.54, 1.807) is 40.8 Å². The minimum Gasteiger partial charge on any atom is -0.435 e. The molecule has 0 aliphatic heterocycles. The van der Waals surface area contributed by atoms with E-state index in [4.69, 9.17) is 0 Å². The van der Waals surface area contributed by atoms with Gasteiger partial charge in [-0.25, -0.2) is 17.6 Å². The van der Waals surface area contributed by atoms with Gasteiger partial charge in [0.15, 0.2) is 5.78 Å². The fourth-order valence-electron chi connectivity index (χ4n) is 2.05. The first kappa shape index (κ1) is 31.6. The van der Waals surface area contributed by atoms with Gasteiger partial charge in [-0.15, -0.1) is 0 Å². The summed E-state index contributed by atoms with van der Waals surface area (Å²) in [4.78, 5) is 11.4. The van der Waals surface area contributed by atoms with Crippen molar-refractivity contribution in [2.24, 2.45) is 0 Å². The van der Waals surface area contributed by atoms with Crippen LogP contribution in [0.5, 0.6) is 11.5 Å². The van der Waals surface area contributed by atoms with Gasteiger partial charge in [-0.1, -0.05) is 59.5 Å². The first-order valence-electron chi connectivity index (χ1n) is 9.36. The number of hydrogen-bond acceptors (Lipinski definition) is 3. The largest absolute Gasteiger partial charge is 0.435 e. The number of ether oxygens (including phenoxy) is 2. The van der Waals surface area contributed by atoms with Gasteiger partial charge in [0.1, 0.15) is 11.5 Å². The zero-order valence-corrected chi connectivity index (χ0v) is 19.6. The fourth-order valence-corrected chi connectivity index (χ4v) is 2.05. The number of Topliss-reactive ketones (excluding diaryl/α,β-unsaturated/α-hetero) is 1. The van der Waals surface area contributed by atoms with Crippen LogP contribution in [-0.2, 0) is 0 Å². The van der Waals surface area contributed by atoms with Crippen molar-refractivity contribution >= 4 is 34.5 Å². The highest BCUT2D eigenvalue weighted by atomic mass is 127. The number of benzene rings is 2. The summed E-state index contributed by atoms with van der Waals surface area (Å²) in [6, 6.07) is 11.5. The number of hydrogen-bond donors (Lipinski definition) is 0. The molecule has 34 heavy (non-hydrogen) atoms. The second kappa shape index (κ2) is 18.0. The summed E-state index contributed by atoms with van der Waals surface area (Å²) in [5.41, 5.74) is 0.844. The second-order valence-corrected chi connectivity index (χ2v) is 6.84. The standard InChI is InChI=1S/C11H10F4O2.C9H8F2O.C2H3F2I/c12-10(13)5-4-9(16)7-2-1-3-8(6-7)17-11(14)15;1-2-7-4-3-5-8(6-7)12-9(10)11;3-2(4)1-5/h1-3,6,10-11H,4-5H2;2-6,9H,1H2;2H,1H2. The van der Waals surface area contributed by atoms with Crippen LogP contribution in [0, 0.1) is 0 Å². The molecule has 2 aromatic rings. The molecule has 0 aliphatic rings. The topological polar surface area (TPSA) is 35.5 Å². The van der Waals surface area contributed by atoms with E-state index in [1.807, 2.05) is 0 Å². The van der Waals surface area contributed by atoms with E-state index in [1.165, 1.54) is 30.3 Å². The third-order valence-corrected chi connectivity index (χ3v) is 4.07. The van der Waals surface area contributed by atoms with Crippen LogP contribution in [0.25, 0.3) is 6.08 Å². The van der Waals surface area contributed by atoms with Crippen LogP contribution in [0.3, 0.4) is 0 Å². The molecular formula is C22H21F8IO3. The molecule has 2 aromatic carbocycles. The molecule has 190 valence electrons. The zero-order valence-electron chi connectivity index (χ0n) is 17.5. The van der Waals surface area contributed by atoms with Crippen LogP contribution < -0.4 is 9.47 Å². The van der Waals surface area contributed by atoms with Crippen molar-refractivity contribution in [2.75, 3.05) is 4.43 Å². The lowest BCUT2D eigenvalue weighted by molar-refractivity contribution is -0.0505. The first-order valence-corrected chi connectivity index (χ1v) is 10.9. The summed E-state index contributed by atoms with van der Waals surface area (Å²) in [7, 11) is 0. The van der Waals surface area contributed by atoms with Crippen LogP contribution >= 0.6 is 22.6 Å². The third-order valence-electron chi connectivity index (χ3n) is 3.41. The number of carbonyl (C=O) groups excluding carboxylic acids is 1. The maximum atomic E-state index is 11.9. The predicted octanol–water partition coefficient (Wildman–Crippen LogP) is 8.13. The van der Waals surface area contributed by atoms with Gasteiger partial charge in [0.2, 0.25) is 12.9 Å². The van der Waals surface area contributed by atoms with Crippen molar-refractivity contribution in [1.82, 2.24) is 0 Å². The number of carbonyl (C=O) groups is 1. The normalized spacial score (nSPS) is 10.4. The van der Waals surface area contributed by atoms with Crippen LogP contribution in [0.1, 0.15) is 28.8 Å². The molecule has 0 unspecified atom stereocenters. The highest BCUT2D eigenvalue weighted by Gasteiger charge is 2.12. The molecular weight excluding hydrogens is 591 g/mol. The summed E-state index contributed by atoms with van der Waals surface area (Å²) in [6.07, 6.45) is -3.98. The molecule has 0 aromatic heterocycles. The lowest BCUT2D eigenvalue weighted by Gasteiger charge is -2.06. The van der Waals surface area contributed by atoms with E-state index < -0.39 is 38.3 Å². The summed E-state index contributed by atoms with van der Waals surface area (Å²) in [6.45, 7) is -2.25. The lowest BCUT2D eigenvalue weighted by Crippen LogP contribution is -2.05. The van der Waals surface area contributed by atoms with Crippen molar-refractivity contribution in [1.29, 1.82) is 0 Å². The Hall–Kier alpha value is -2.38. The number of alkyl halides is 9. The van der Waals surface area contributed by atoms with E-state index >= 15 is 0 Å². The minimum atomic E-state index is -2.98. The summed E-state index contributed by atoms with van der Waals surface area (Å²) in [5.74, 6) is -0.532. The Morgan fingerprint density at radius 3 is 1.79 bits per heavy atom. The average Bonchev–Trinajstić information content (AvgIpc) is 2.77. The Kier molecular flexibility index (Phi) is 16.8. The number of rotatable bonds is 10. The van der Waals surface area contributed by atoms with Crippen LogP contribution in [0.15, 0.2) is 55.1 Å². The van der Waals surface area contributed by atoms with Crippen LogP contribution in [-0.4, -0.2) is 36.3 Å². The second-order valence-electron chi connectivity index (χ2n) is 5.96. The predicted molar refractivity (Wildman–Crippen MR) is 121 cm³/mol. The zero-order chi connectivity index (χ0) is 26.1. The van der Waals surface area contributed by atoms with Gasteiger partial charge in [0.05, 0.1) is 4.43 Å². The van der Waals surface area contributed by atoms with Crippen molar-refractivity contribution < 1.29 is 49.4 Å². The number of ketones is 1. The van der Waals surface area contributed by atoms with Crippen molar-refractivity contribution in [3.63, 3.8) is 0 Å². The van der Waals surface area contributed by atoms with Crippen molar-refractivity contribution in [3.8, 4) is 11.5 Å². The van der Waals surface area contributed by atoms with E-state index in [0.29, 0.717) is 0 Å². The van der Waals surface area contributed by atoms with Gasteiger partial charge in [-0.05, 0) is 29.8 Å². The van der Waals surface area contributed by atoms with Gasteiger partial charge in [-0.2, -0.15) is 17.6 Å². The van der Waals surface area contributed by atoms with Gasteiger partial charge >= 0.3 is 13.2 Å². The molecule has 2 rings (SSSR count). The SMILES string of the molecule is C=Cc1cccc(OC(F)F)c1.FC(F)CI.O=C(CCC(F)F)c1cccc(OC(F)F)c1. The molecule has 0 aliphatic carbocycles. The molecule has 0 radical (unpaired) electrons. The minimum absolute atomic E-state index is 0.0578. The Morgan fingerprint density at radius 1 is 0.853 bits per heavy atom. The molecule has 0 fully saturated rings. The Bertz CT molecular complexity index is 850. The van der Waals surface area contributed by atoms with Crippen LogP contribution in [0.4, 0.5) is 35.1 Å². The van der Waals surface area contributed by atoms with Gasteiger partial charge in [0.25, 0.3) is 0 Å². The quantitative estimate of drug-likeness (QED) is 0.118. The van der Waals surface area contributed by atoms with Crippen LogP contribution in [0.2, 0.25) is 0 Å². The summed E-state index contributed by atoms with van der Waals surface area (Å²) >= 11 is 1.63. The molecule has 12 heteroatoms. The summed E-state index contributed by atoms with van der Waals surface area (Å²) in [5, 5.41) is 0. The highest BCUT2D eigenvalue weighted by Crippen LogP contribution is 2.18. The maximum absolute atomic E-state index is 11.9. The van der Waals surface area contributed by atoms with Gasteiger partial charge in [0, 0.05) is 18.4 Å². The molecule has 0 atom stereocenters. The van der Waals surface area contributed by atoms with E-state index in [0.717, 1.165) is 11.6 Å². The van der Waals surface area contributed by atoms with Crippen molar-refractivity contribution in [3.05, 3.63) is 66.2 Å². The molecule has 3 nitrogen and oxygen atoms in total. The average molecular weight is 612 g/mol. The van der Waals surface area contributed by atoms with Crippen molar-refractivity contribution in [2.45, 2.75) is 38.9 Å². The van der Waals surface area contributed by atoms with Gasteiger partial charge < -0.3 is 9.47 Å². The molecule has 0 spiro atoms. The Labute approximate surface area is 204 Å².